The van der Waals surface area contributed by atoms with Gasteiger partial charge in [-0.1, -0.05) is 41.3 Å². The van der Waals surface area contributed by atoms with Gasteiger partial charge < -0.3 is 5.32 Å². The molecule has 1 aromatic heterocycles. The maximum Gasteiger partial charge on any atom is 0.248 e. The minimum Gasteiger partial charge on any atom is -0.322 e. The molecule has 0 atom stereocenters. The standard InChI is InChI=1S/C16H17N3OS2/c1-4-5-6-7-15(20)17-14-9-8-13(10-11(14)2)22-16-19-18-12(3)21-16/h4-10H,1-3H3,(H,17,20)/b5-4+,7-6+. The highest BCUT2D eigenvalue weighted by Crippen LogP contribution is 2.32. The average molecular weight is 331 g/mol. The summed E-state index contributed by atoms with van der Waals surface area (Å²) in [6.45, 7) is 5.82. The Morgan fingerprint density at radius 2 is 2.09 bits per heavy atom. The van der Waals surface area contributed by atoms with Crippen LogP contribution in [-0.2, 0) is 4.79 Å². The summed E-state index contributed by atoms with van der Waals surface area (Å²) in [7, 11) is 0. The number of rotatable bonds is 5. The zero-order valence-corrected chi connectivity index (χ0v) is 14.3. The van der Waals surface area contributed by atoms with E-state index in [-0.39, 0.29) is 5.91 Å². The minimum absolute atomic E-state index is 0.138. The molecule has 22 heavy (non-hydrogen) atoms. The second-order valence-electron chi connectivity index (χ2n) is 4.54. The Labute approximate surface area is 138 Å². The van der Waals surface area contributed by atoms with E-state index in [2.05, 4.69) is 15.5 Å². The van der Waals surface area contributed by atoms with Crippen LogP contribution in [0.4, 0.5) is 5.69 Å². The predicted molar refractivity (Wildman–Crippen MR) is 92.5 cm³/mol. The molecule has 0 radical (unpaired) electrons. The molecule has 1 amide bonds. The summed E-state index contributed by atoms with van der Waals surface area (Å²) in [4.78, 5) is 12.8. The van der Waals surface area contributed by atoms with Gasteiger partial charge in [0.25, 0.3) is 0 Å². The molecule has 0 saturated heterocycles. The third-order valence-corrected chi connectivity index (χ3v) is 4.60. The number of carbonyl (C=O) groups is 1. The van der Waals surface area contributed by atoms with E-state index >= 15 is 0 Å². The number of anilines is 1. The summed E-state index contributed by atoms with van der Waals surface area (Å²) < 4.78 is 0.919. The molecular formula is C16H17N3OS2. The molecular weight excluding hydrogens is 314 g/mol. The lowest BCUT2D eigenvalue weighted by Gasteiger charge is -2.08. The zero-order chi connectivity index (χ0) is 15.9. The van der Waals surface area contributed by atoms with Crippen LogP contribution in [0.5, 0.6) is 0 Å². The topological polar surface area (TPSA) is 54.9 Å². The largest absolute Gasteiger partial charge is 0.322 e. The number of carbonyl (C=O) groups excluding carboxylic acids is 1. The van der Waals surface area contributed by atoms with Crippen molar-refractivity contribution in [3.05, 3.63) is 53.1 Å². The summed E-state index contributed by atoms with van der Waals surface area (Å²) in [5.74, 6) is -0.138. The number of nitrogens with one attached hydrogen (secondary N) is 1. The van der Waals surface area contributed by atoms with Gasteiger partial charge in [-0.3, -0.25) is 4.79 Å². The highest BCUT2D eigenvalue weighted by Gasteiger charge is 2.06. The van der Waals surface area contributed by atoms with Crippen LogP contribution in [0, 0.1) is 13.8 Å². The van der Waals surface area contributed by atoms with Gasteiger partial charge in [0.15, 0.2) is 4.34 Å². The zero-order valence-electron chi connectivity index (χ0n) is 12.7. The lowest BCUT2D eigenvalue weighted by atomic mass is 10.2. The first-order valence-electron chi connectivity index (χ1n) is 6.77. The van der Waals surface area contributed by atoms with Crippen molar-refractivity contribution >= 4 is 34.7 Å². The predicted octanol–water partition coefficient (Wildman–Crippen LogP) is 4.38. The van der Waals surface area contributed by atoms with Crippen LogP contribution in [0.25, 0.3) is 0 Å². The van der Waals surface area contributed by atoms with E-state index < -0.39 is 0 Å². The molecule has 6 heteroatoms. The summed E-state index contributed by atoms with van der Waals surface area (Å²) in [5, 5.41) is 11.9. The number of aromatic nitrogens is 2. The van der Waals surface area contributed by atoms with Gasteiger partial charge in [0.05, 0.1) is 0 Å². The number of hydrogen-bond donors (Lipinski definition) is 1. The van der Waals surface area contributed by atoms with Crippen LogP contribution in [0.3, 0.4) is 0 Å². The first kappa shape index (κ1) is 16.5. The first-order chi connectivity index (χ1) is 10.6. The highest BCUT2D eigenvalue weighted by atomic mass is 32.2. The second-order valence-corrected chi connectivity index (χ2v) is 7.04. The Balaban J connectivity index is 2.04. The Morgan fingerprint density at radius 3 is 2.73 bits per heavy atom. The van der Waals surface area contributed by atoms with E-state index in [9.17, 15) is 4.79 Å². The number of amides is 1. The van der Waals surface area contributed by atoms with Crippen molar-refractivity contribution < 1.29 is 4.79 Å². The van der Waals surface area contributed by atoms with Crippen molar-refractivity contribution in [1.29, 1.82) is 0 Å². The number of hydrogen-bond acceptors (Lipinski definition) is 5. The van der Waals surface area contributed by atoms with E-state index in [0.29, 0.717) is 0 Å². The third kappa shape index (κ3) is 4.82. The van der Waals surface area contributed by atoms with Gasteiger partial charge in [-0.15, -0.1) is 10.2 Å². The van der Waals surface area contributed by atoms with E-state index in [1.54, 1.807) is 29.2 Å². The van der Waals surface area contributed by atoms with Crippen LogP contribution in [0.15, 0.2) is 51.7 Å². The normalized spacial score (nSPS) is 11.4. The van der Waals surface area contributed by atoms with Crippen molar-refractivity contribution in [3.8, 4) is 0 Å². The Bertz CT molecular complexity index is 720. The lowest BCUT2D eigenvalue weighted by molar-refractivity contribution is -0.111. The molecule has 0 bridgehead atoms. The lowest BCUT2D eigenvalue weighted by Crippen LogP contribution is -2.08. The number of allylic oxidation sites excluding steroid dienone is 3. The fourth-order valence-corrected chi connectivity index (χ4v) is 3.58. The molecule has 0 spiro atoms. The van der Waals surface area contributed by atoms with Crippen LogP contribution >= 0.6 is 23.1 Å². The van der Waals surface area contributed by atoms with Crippen LogP contribution < -0.4 is 5.32 Å². The summed E-state index contributed by atoms with van der Waals surface area (Å²) in [5.41, 5.74) is 1.83. The Hall–Kier alpha value is -1.92. The molecule has 2 aromatic rings. The van der Waals surface area contributed by atoms with Crippen molar-refractivity contribution in [2.75, 3.05) is 5.32 Å². The fourth-order valence-electron chi connectivity index (χ4n) is 1.69. The van der Waals surface area contributed by atoms with Crippen LogP contribution in [-0.4, -0.2) is 16.1 Å². The number of nitrogens with zero attached hydrogens (tertiary/aromatic N) is 2. The van der Waals surface area contributed by atoms with Crippen molar-refractivity contribution in [2.45, 2.75) is 30.0 Å². The first-order valence-corrected chi connectivity index (χ1v) is 8.40. The fraction of sp³-hybridized carbons (Fsp3) is 0.188. The molecule has 1 aromatic carbocycles. The summed E-state index contributed by atoms with van der Waals surface area (Å²) in [6.07, 6.45) is 6.91. The molecule has 0 saturated carbocycles. The SMILES string of the molecule is C/C=C/C=C/C(=O)Nc1ccc(Sc2nnc(C)s2)cc1C. The molecule has 0 aliphatic rings. The smallest absolute Gasteiger partial charge is 0.248 e. The molecule has 0 aliphatic carbocycles. The third-order valence-electron chi connectivity index (χ3n) is 2.72. The maximum absolute atomic E-state index is 11.8. The maximum atomic E-state index is 11.8. The average Bonchev–Trinajstić information content (AvgIpc) is 2.87. The van der Waals surface area contributed by atoms with Gasteiger partial charge >= 0.3 is 0 Å². The van der Waals surface area contributed by atoms with Crippen molar-refractivity contribution in [2.24, 2.45) is 0 Å². The van der Waals surface area contributed by atoms with E-state index in [1.165, 1.54) is 6.08 Å². The van der Waals surface area contributed by atoms with Gasteiger partial charge in [-0.05, 0) is 44.5 Å². The molecule has 4 nitrogen and oxygen atoms in total. The van der Waals surface area contributed by atoms with E-state index in [0.717, 1.165) is 25.5 Å². The molecule has 1 heterocycles. The van der Waals surface area contributed by atoms with Crippen molar-refractivity contribution in [3.63, 3.8) is 0 Å². The number of aryl methyl sites for hydroxylation is 2. The van der Waals surface area contributed by atoms with Crippen LogP contribution in [0.2, 0.25) is 0 Å². The molecule has 0 aliphatic heterocycles. The summed E-state index contributed by atoms with van der Waals surface area (Å²) in [6, 6.07) is 5.92. The Morgan fingerprint density at radius 1 is 1.27 bits per heavy atom. The molecule has 0 fully saturated rings. The van der Waals surface area contributed by atoms with Gasteiger partial charge in [0.2, 0.25) is 5.91 Å². The van der Waals surface area contributed by atoms with Crippen molar-refractivity contribution in [1.82, 2.24) is 10.2 Å². The monoisotopic (exact) mass is 331 g/mol. The van der Waals surface area contributed by atoms with Gasteiger partial charge in [-0.25, -0.2) is 0 Å². The molecule has 2 rings (SSSR count). The molecule has 1 N–H and O–H groups in total. The minimum atomic E-state index is -0.138. The second kappa shape index (κ2) is 7.91. The highest BCUT2D eigenvalue weighted by molar-refractivity contribution is 8.01. The van der Waals surface area contributed by atoms with Crippen LogP contribution in [0.1, 0.15) is 17.5 Å². The molecule has 114 valence electrons. The molecule has 0 unspecified atom stereocenters. The quantitative estimate of drug-likeness (QED) is 0.652. The summed E-state index contributed by atoms with van der Waals surface area (Å²) >= 11 is 3.15. The van der Waals surface area contributed by atoms with E-state index in [1.807, 2.05) is 51.1 Å². The van der Waals surface area contributed by atoms with Gasteiger partial charge in [0, 0.05) is 16.7 Å². The van der Waals surface area contributed by atoms with Gasteiger partial charge in [-0.2, -0.15) is 0 Å². The number of benzene rings is 1. The van der Waals surface area contributed by atoms with Gasteiger partial charge in [0.1, 0.15) is 5.01 Å². The van der Waals surface area contributed by atoms with E-state index in [4.69, 9.17) is 0 Å². The Kier molecular flexibility index (Phi) is 5.91.